The van der Waals surface area contributed by atoms with Gasteiger partial charge in [-0.15, -0.1) is 83.0 Å². The van der Waals surface area contributed by atoms with Crippen molar-refractivity contribution < 1.29 is 46.5 Å². The summed E-state index contributed by atoms with van der Waals surface area (Å²) in [6.07, 6.45) is 0. The van der Waals surface area contributed by atoms with Crippen molar-refractivity contribution in [1.29, 1.82) is 0 Å². The summed E-state index contributed by atoms with van der Waals surface area (Å²) >= 11 is 0. The van der Waals surface area contributed by atoms with Gasteiger partial charge in [0, 0.05) is 0 Å². The van der Waals surface area contributed by atoms with Crippen LogP contribution in [0.5, 0.6) is 0 Å². The number of hydrogen-bond donors (Lipinski definition) is 0. The van der Waals surface area contributed by atoms with Crippen LogP contribution in [0, 0.1) is 20.8 Å². The second kappa shape index (κ2) is 12.6. The standard InChI is InChI=1S/C16H14P.C11H11.2ClH.Ti/c1-12-11-13-7-5-6-10-15(13)16(12)17-14-8-3-2-4-9-14;1-8-6-7-9(2)11-5-3-4-10(8)11;;;/h2-11,17H,1H3;3-7H,1-2H3;2*1H;/q2*-1;;;+4/p-2. The van der Waals surface area contributed by atoms with Gasteiger partial charge in [-0.05, 0) is 12.2 Å². The zero-order valence-electron chi connectivity index (χ0n) is 17.9. The van der Waals surface area contributed by atoms with Crippen LogP contribution in [0.2, 0.25) is 0 Å². The molecule has 1 unspecified atom stereocenters. The molecule has 0 saturated heterocycles. The molecule has 0 radical (unpaired) electrons. The van der Waals surface area contributed by atoms with E-state index in [1.807, 2.05) is 0 Å². The zero-order valence-corrected chi connectivity index (χ0v) is 22.0. The Labute approximate surface area is 214 Å². The Balaban J connectivity index is 0.000000303. The molecule has 5 rings (SSSR count). The molecule has 0 bridgehead atoms. The molecular weight excluding hydrogens is 474 g/mol. The molecule has 5 aromatic rings. The first-order valence-corrected chi connectivity index (χ1v) is 10.7. The molecule has 0 aromatic heterocycles. The van der Waals surface area contributed by atoms with Gasteiger partial charge in [0.05, 0.1) is 0 Å². The number of hydrogen-bond acceptors (Lipinski definition) is 0. The van der Waals surface area contributed by atoms with E-state index in [9.17, 15) is 0 Å². The van der Waals surface area contributed by atoms with Crippen LogP contribution >= 0.6 is 8.58 Å². The summed E-state index contributed by atoms with van der Waals surface area (Å²) in [5.74, 6) is 0. The van der Waals surface area contributed by atoms with Crippen molar-refractivity contribution in [2.45, 2.75) is 20.8 Å². The van der Waals surface area contributed by atoms with Crippen molar-refractivity contribution >= 4 is 40.7 Å². The molecule has 0 nitrogen and oxygen atoms in total. The average Bonchev–Trinajstić information content (AvgIpc) is 3.33. The monoisotopic (exact) mass is 498 g/mol. The Bertz CT molecular complexity index is 1190. The fourth-order valence-corrected chi connectivity index (χ4v) is 5.02. The smallest absolute Gasteiger partial charge is 1.00 e. The molecule has 0 N–H and O–H groups in total. The van der Waals surface area contributed by atoms with Crippen LogP contribution in [0.25, 0.3) is 21.5 Å². The molecule has 156 valence electrons. The van der Waals surface area contributed by atoms with Gasteiger partial charge in [0.1, 0.15) is 0 Å². The number of fused-ring (bicyclic) bond motifs is 2. The third-order valence-electron chi connectivity index (χ3n) is 5.29. The second-order valence-corrected chi connectivity index (χ2v) is 8.66. The van der Waals surface area contributed by atoms with Gasteiger partial charge in [0.25, 0.3) is 0 Å². The third kappa shape index (κ3) is 6.32. The summed E-state index contributed by atoms with van der Waals surface area (Å²) in [6, 6.07) is 32.5. The fraction of sp³-hybridized carbons (Fsp3) is 0.111. The first-order valence-electron chi connectivity index (χ1n) is 9.72. The fourth-order valence-electron chi connectivity index (χ4n) is 3.74. The van der Waals surface area contributed by atoms with Crippen molar-refractivity contribution in [1.82, 2.24) is 0 Å². The first kappa shape index (κ1) is 27.6. The molecule has 0 fully saturated rings. The minimum absolute atomic E-state index is 0. The maximum atomic E-state index is 2.29. The number of aryl methyl sites for hydroxylation is 3. The van der Waals surface area contributed by atoms with E-state index in [-0.39, 0.29) is 46.5 Å². The minimum atomic E-state index is 0. The van der Waals surface area contributed by atoms with Crippen LogP contribution in [-0.4, -0.2) is 0 Å². The Morgan fingerprint density at radius 2 is 1.32 bits per heavy atom. The Morgan fingerprint density at radius 1 is 0.677 bits per heavy atom. The van der Waals surface area contributed by atoms with Gasteiger partial charge >= 0.3 is 21.7 Å². The van der Waals surface area contributed by atoms with Crippen molar-refractivity contribution in [3.8, 4) is 0 Å². The molecule has 0 amide bonds. The van der Waals surface area contributed by atoms with Crippen molar-refractivity contribution in [2.75, 3.05) is 0 Å². The molecule has 5 aromatic carbocycles. The van der Waals surface area contributed by atoms with Gasteiger partial charge in [-0.25, -0.2) is 0 Å². The number of rotatable bonds is 2. The summed E-state index contributed by atoms with van der Waals surface area (Å²) in [7, 11) is 0.754. The molecule has 0 spiro atoms. The van der Waals surface area contributed by atoms with Crippen molar-refractivity contribution in [3.05, 3.63) is 108 Å². The zero-order chi connectivity index (χ0) is 19.5. The number of benzene rings is 3. The SMILES string of the molecule is Cc1[cH-]c2ccccc2c1Pc1ccccc1.Cc1ccc(C)c2[cH-]ccc12.[Cl-].[Cl-].[Ti+4]. The topological polar surface area (TPSA) is 0 Å². The summed E-state index contributed by atoms with van der Waals surface area (Å²) in [5.41, 5.74) is 4.15. The van der Waals surface area contributed by atoms with Crippen LogP contribution in [0.1, 0.15) is 16.7 Å². The quantitative estimate of drug-likeness (QED) is 0.191. The first-order chi connectivity index (χ1) is 13.6. The van der Waals surface area contributed by atoms with Gasteiger partial charge in [0.15, 0.2) is 0 Å². The predicted octanol–water partition coefficient (Wildman–Crippen LogP) is 0.677. The van der Waals surface area contributed by atoms with E-state index in [4.69, 9.17) is 0 Å². The maximum absolute atomic E-state index is 2.29. The maximum Gasteiger partial charge on any atom is 4.00 e. The van der Waals surface area contributed by atoms with Crippen LogP contribution in [0.3, 0.4) is 0 Å². The average molecular weight is 499 g/mol. The van der Waals surface area contributed by atoms with Crippen molar-refractivity contribution in [2.24, 2.45) is 0 Å². The van der Waals surface area contributed by atoms with Gasteiger partial charge < -0.3 is 24.8 Å². The van der Waals surface area contributed by atoms with E-state index in [1.54, 1.807) is 0 Å². The Morgan fingerprint density at radius 3 is 2.03 bits per heavy atom. The van der Waals surface area contributed by atoms with Crippen LogP contribution in [0.4, 0.5) is 0 Å². The van der Waals surface area contributed by atoms with Crippen LogP contribution in [0.15, 0.2) is 91.0 Å². The summed E-state index contributed by atoms with van der Waals surface area (Å²) in [5, 5.41) is 8.46. The largest absolute Gasteiger partial charge is 4.00 e. The van der Waals surface area contributed by atoms with E-state index in [2.05, 4.69) is 112 Å². The van der Waals surface area contributed by atoms with Gasteiger partial charge in [-0.1, -0.05) is 61.9 Å². The van der Waals surface area contributed by atoms with Crippen LogP contribution < -0.4 is 35.4 Å². The van der Waals surface area contributed by atoms with Crippen LogP contribution in [-0.2, 0) is 21.7 Å². The predicted molar refractivity (Wildman–Crippen MR) is 127 cm³/mol. The summed E-state index contributed by atoms with van der Waals surface area (Å²) in [6.45, 7) is 6.52. The molecule has 0 heterocycles. The summed E-state index contributed by atoms with van der Waals surface area (Å²) in [4.78, 5) is 0. The third-order valence-corrected chi connectivity index (χ3v) is 6.82. The minimum Gasteiger partial charge on any atom is -1.00 e. The van der Waals surface area contributed by atoms with Gasteiger partial charge in [-0.2, -0.15) is 12.1 Å². The molecule has 0 aliphatic heterocycles. The van der Waals surface area contributed by atoms with Crippen molar-refractivity contribution in [3.63, 3.8) is 0 Å². The molecule has 4 heteroatoms. The van der Waals surface area contributed by atoms with E-state index < -0.39 is 0 Å². The normalized spacial score (nSPS) is 10.2. The summed E-state index contributed by atoms with van der Waals surface area (Å²) < 4.78 is 0. The Kier molecular flexibility index (Phi) is 11.2. The molecule has 0 aliphatic carbocycles. The van der Waals surface area contributed by atoms with E-state index in [0.29, 0.717) is 0 Å². The second-order valence-electron chi connectivity index (χ2n) is 7.33. The number of halogens is 2. The van der Waals surface area contributed by atoms with E-state index >= 15 is 0 Å². The Hall–Kier alpha value is -1.40. The van der Waals surface area contributed by atoms with Gasteiger partial charge in [-0.3, -0.25) is 0 Å². The molecule has 0 saturated carbocycles. The molecule has 1 atom stereocenters. The van der Waals surface area contributed by atoms with E-state index in [0.717, 1.165) is 8.58 Å². The molecule has 31 heavy (non-hydrogen) atoms. The van der Waals surface area contributed by atoms with E-state index in [1.165, 1.54) is 48.8 Å². The van der Waals surface area contributed by atoms with Gasteiger partial charge in [0.2, 0.25) is 0 Å². The molecule has 0 aliphatic rings. The molecular formula is C27H25Cl2PTi.